The van der Waals surface area contributed by atoms with Gasteiger partial charge in [0.2, 0.25) is 5.91 Å². The number of aromatic nitrogens is 2. The molecule has 27 heavy (non-hydrogen) atoms. The van der Waals surface area contributed by atoms with Gasteiger partial charge in [0, 0.05) is 5.54 Å². The lowest BCUT2D eigenvalue weighted by molar-refractivity contribution is -0.119. The Bertz CT molecular complexity index is 1010. The molecule has 0 fully saturated rings. The summed E-state index contributed by atoms with van der Waals surface area (Å²) in [6, 6.07) is 17.1. The summed E-state index contributed by atoms with van der Waals surface area (Å²) in [6.07, 6.45) is 0. The second kappa shape index (κ2) is 7.96. The number of fused-ring (bicyclic) bond motifs is 1. The maximum absolute atomic E-state index is 13.0. The monoisotopic (exact) mass is 381 g/mol. The fourth-order valence-electron chi connectivity index (χ4n) is 2.75. The fraction of sp³-hybridized carbons (Fsp3) is 0.286. The predicted octanol–water partition coefficient (Wildman–Crippen LogP) is 3.45. The molecule has 5 nitrogen and oxygen atoms in total. The van der Waals surface area contributed by atoms with E-state index in [9.17, 15) is 9.59 Å². The molecular formula is C21H23N3O2S. The van der Waals surface area contributed by atoms with E-state index in [4.69, 9.17) is 0 Å². The minimum Gasteiger partial charge on any atom is -0.351 e. The van der Waals surface area contributed by atoms with Gasteiger partial charge < -0.3 is 5.32 Å². The smallest absolute Gasteiger partial charge is 0.262 e. The van der Waals surface area contributed by atoms with Crippen molar-refractivity contribution in [3.05, 3.63) is 70.5 Å². The van der Waals surface area contributed by atoms with E-state index in [-0.39, 0.29) is 22.8 Å². The van der Waals surface area contributed by atoms with Crippen molar-refractivity contribution in [3.8, 4) is 0 Å². The first-order valence-electron chi connectivity index (χ1n) is 8.81. The van der Waals surface area contributed by atoms with Gasteiger partial charge >= 0.3 is 0 Å². The van der Waals surface area contributed by atoms with Gasteiger partial charge in [0.05, 0.1) is 23.2 Å². The third-order valence-electron chi connectivity index (χ3n) is 3.86. The van der Waals surface area contributed by atoms with Gasteiger partial charge in [0.1, 0.15) is 0 Å². The van der Waals surface area contributed by atoms with Crippen LogP contribution in [-0.4, -0.2) is 26.8 Å². The summed E-state index contributed by atoms with van der Waals surface area (Å²) in [5, 5.41) is 4.06. The molecule has 3 aromatic rings. The van der Waals surface area contributed by atoms with Crippen molar-refractivity contribution in [1.82, 2.24) is 14.9 Å². The SMILES string of the molecule is CC(C)(C)NC(=O)CSc1nc2ccccc2c(=O)n1Cc1ccccc1. The van der Waals surface area contributed by atoms with Crippen LogP contribution in [0.5, 0.6) is 0 Å². The van der Waals surface area contributed by atoms with Gasteiger partial charge in [-0.2, -0.15) is 0 Å². The highest BCUT2D eigenvalue weighted by atomic mass is 32.2. The van der Waals surface area contributed by atoms with Gasteiger partial charge in [0.25, 0.3) is 5.56 Å². The summed E-state index contributed by atoms with van der Waals surface area (Å²) in [5.41, 5.74) is 1.27. The minimum absolute atomic E-state index is 0.0823. The highest BCUT2D eigenvalue weighted by Gasteiger charge is 2.17. The number of carbonyl (C=O) groups is 1. The number of thioether (sulfide) groups is 1. The number of amides is 1. The van der Waals surface area contributed by atoms with Gasteiger partial charge in [-0.05, 0) is 38.5 Å². The van der Waals surface area contributed by atoms with Crippen LogP contribution < -0.4 is 10.9 Å². The van der Waals surface area contributed by atoms with E-state index in [0.717, 1.165) is 5.56 Å². The quantitative estimate of drug-likeness (QED) is 0.543. The molecule has 140 valence electrons. The normalized spacial score (nSPS) is 11.5. The van der Waals surface area contributed by atoms with Gasteiger partial charge in [-0.15, -0.1) is 0 Å². The molecule has 1 aromatic heterocycles. The lowest BCUT2D eigenvalue weighted by Gasteiger charge is -2.20. The zero-order valence-corrected chi connectivity index (χ0v) is 16.5. The van der Waals surface area contributed by atoms with Crippen LogP contribution in [0.4, 0.5) is 0 Å². The second-order valence-corrected chi connectivity index (χ2v) is 8.32. The van der Waals surface area contributed by atoms with Gasteiger partial charge in [-0.1, -0.05) is 54.2 Å². The van der Waals surface area contributed by atoms with Crippen LogP contribution in [0.25, 0.3) is 10.9 Å². The van der Waals surface area contributed by atoms with Crippen molar-refractivity contribution < 1.29 is 4.79 Å². The molecule has 0 radical (unpaired) electrons. The fourth-order valence-corrected chi connectivity index (χ4v) is 3.55. The third-order valence-corrected chi connectivity index (χ3v) is 4.83. The summed E-state index contributed by atoms with van der Waals surface area (Å²) < 4.78 is 1.65. The van der Waals surface area contributed by atoms with Crippen LogP contribution >= 0.6 is 11.8 Å². The van der Waals surface area contributed by atoms with E-state index >= 15 is 0 Å². The van der Waals surface area contributed by atoms with Crippen LogP contribution in [0.1, 0.15) is 26.3 Å². The minimum atomic E-state index is -0.293. The van der Waals surface area contributed by atoms with Crippen molar-refractivity contribution in [3.63, 3.8) is 0 Å². The zero-order chi connectivity index (χ0) is 19.4. The topological polar surface area (TPSA) is 64.0 Å². The Morgan fingerprint density at radius 1 is 1.07 bits per heavy atom. The largest absolute Gasteiger partial charge is 0.351 e. The van der Waals surface area contributed by atoms with Crippen molar-refractivity contribution >= 4 is 28.6 Å². The molecule has 1 N–H and O–H groups in total. The zero-order valence-electron chi connectivity index (χ0n) is 15.7. The van der Waals surface area contributed by atoms with Gasteiger partial charge in [0.15, 0.2) is 5.16 Å². The van der Waals surface area contributed by atoms with Crippen LogP contribution in [0.2, 0.25) is 0 Å². The highest BCUT2D eigenvalue weighted by molar-refractivity contribution is 7.99. The average molecular weight is 382 g/mol. The summed E-state index contributed by atoms with van der Waals surface area (Å²) >= 11 is 1.28. The molecule has 0 saturated carbocycles. The number of hydrogen-bond donors (Lipinski definition) is 1. The molecule has 0 atom stereocenters. The molecule has 0 aliphatic heterocycles. The molecule has 0 bridgehead atoms. The van der Waals surface area contributed by atoms with Gasteiger partial charge in [-0.3, -0.25) is 14.2 Å². The first-order chi connectivity index (χ1) is 12.8. The summed E-state index contributed by atoms with van der Waals surface area (Å²) in [5.74, 6) is 0.123. The molecule has 1 amide bonds. The molecule has 0 spiro atoms. The predicted molar refractivity (Wildman–Crippen MR) is 110 cm³/mol. The molecule has 0 aliphatic rings. The Morgan fingerprint density at radius 2 is 1.74 bits per heavy atom. The molecule has 0 unspecified atom stereocenters. The van der Waals surface area contributed by atoms with E-state index in [1.54, 1.807) is 10.6 Å². The van der Waals surface area contributed by atoms with Crippen LogP contribution in [0.3, 0.4) is 0 Å². The third kappa shape index (κ3) is 4.98. The van der Waals surface area contributed by atoms with E-state index < -0.39 is 0 Å². The average Bonchev–Trinajstić information content (AvgIpc) is 2.62. The lowest BCUT2D eigenvalue weighted by Crippen LogP contribution is -2.41. The Morgan fingerprint density at radius 3 is 2.44 bits per heavy atom. The molecule has 1 heterocycles. The summed E-state index contributed by atoms with van der Waals surface area (Å²) in [6.45, 7) is 6.24. The van der Waals surface area contributed by atoms with Crippen molar-refractivity contribution in [2.75, 3.05) is 5.75 Å². The first kappa shape index (κ1) is 19.2. The number of benzene rings is 2. The van der Waals surface area contributed by atoms with E-state index in [2.05, 4.69) is 10.3 Å². The summed E-state index contributed by atoms with van der Waals surface area (Å²) in [7, 11) is 0. The molecule has 0 saturated heterocycles. The molecule has 6 heteroatoms. The van der Waals surface area contributed by atoms with Crippen LogP contribution in [0, 0.1) is 0 Å². The molecular weight excluding hydrogens is 358 g/mol. The van der Waals surface area contributed by atoms with E-state index in [0.29, 0.717) is 22.6 Å². The van der Waals surface area contributed by atoms with Crippen LogP contribution in [0.15, 0.2) is 64.5 Å². The van der Waals surface area contributed by atoms with E-state index in [1.165, 1.54) is 11.8 Å². The van der Waals surface area contributed by atoms with Gasteiger partial charge in [-0.25, -0.2) is 4.98 Å². The molecule has 0 aliphatic carbocycles. The van der Waals surface area contributed by atoms with Crippen LogP contribution in [-0.2, 0) is 11.3 Å². The second-order valence-electron chi connectivity index (χ2n) is 7.38. The Kier molecular flexibility index (Phi) is 5.65. The Hall–Kier alpha value is -2.60. The maximum Gasteiger partial charge on any atom is 0.262 e. The maximum atomic E-state index is 13.0. The number of hydrogen-bond acceptors (Lipinski definition) is 4. The number of carbonyl (C=O) groups excluding carboxylic acids is 1. The number of nitrogens with zero attached hydrogens (tertiary/aromatic N) is 2. The number of para-hydroxylation sites is 1. The Balaban J connectivity index is 1.95. The summed E-state index contributed by atoms with van der Waals surface area (Å²) in [4.78, 5) is 29.9. The van der Waals surface area contributed by atoms with Crippen molar-refractivity contribution in [2.24, 2.45) is 0 Å². The number of nitrogens with one attached hydrogen (secondary N) is 1. The lowest BCUT2D eigenvalue weighted by atomic mass is 10.1. The number of rotatable bonds is 5. The standard InChI is InChI=1S/C21H23N3O2S/c1-21(2,3)23-18(25)14-27-20-22-17-12-8-7-11-16(17)19(26)24(20)13-15-9-5-4-6-10-15/h4-12H,13-14H2,1-3H3,(H,23,25). The molecule has 2 aromatic carbocycles. The highest BCUT2D eigenvalue weighted by Crippen LogP contribution is 2.19. The Labute approximate surface area is 162 Å². The van der Waals surface area contributed by atoms with Crippen molar-refractivity contribution in [1.29, 1.82) is 0 Å². The first-order valence-corrected chi connectivity index (χ1v) is 9.79. The van der Waals surface area contributed by atoms with Crippen molar-refractivity contribution in [2.45, 2.75) is 38.0 Å². The van der Waals surface area contributed by atoms with E-state index in [1.807, 2.05) is 69.3 Å². The molecule has 3 rings (SSSR count).